The zero-order valence-corrected chi connectivity index (χ0v) is 20.3. The van der Waals surface area contributed by atoms with Crippen LogP contribution in [0.2, 0.25) is 0 Å². The third-order valence-electron chi connectivity index (χ3n) is 11.2. The maximum Gasteiger partial charge on any atom is 0.226 e. The fourth-order valence-corrected chi connectivity index (χ4v) is 9.94. The highest BCUT2D eigenvalue weighted by Crippen LogP contribution is 2.62. The van der Waals surface area contributed by atoms with E-state index in [1.807, 2.05) is 12.1 Å². The van der Waals surface area contributed by atoms with Crippen LogP contribution < -0.4 is 5.32 Å². The number of phenols is 1. The lowest BCUT2D eigenvalue weighted by atomic mass is 9.47. The average Bonchev–Trinajstić information content (AvgIpc) is 2.73. The third-order valence-corrected chi connectivity index (χ3v) is 11.2. The van der Waals surface area contributed by atoms with Crippen molar-refractivity contribution in [2.45, 2.75) is 103 Å². The molecule has 1 aromatic carbocycles. The van der Waals surface area contributed by atoms with Crippen molar-refractivity contribution in [1.82, 2.24) is 5.32 Å². The highest BCUT2D eigenvalue weighted by molar-refractivity contribution is 5.83. The monoisotopic (exact) mass is 435 g/mol. The molecule has 3 heteroatoms. The second kappa shape index (κ2) is 7.00. The summed E-state index contributed by atoms with van der Waals surface area (Å²) in [6.07, 6.45) is 13.6. The summed E-state index contributed by atoms with van der Waals surface area (Å²) in [7, 11) is 0. The largest absolute Gasteiger partial charge is 0.508 e. The maximum atomic E-state index is 14.0. The average molecular weight is 436 g/mol. The number of nitrogens with one attached hydrogen (secondary N) is 1. The van der Waals surface area contributed by atoms with E-state index < -0.39 is 0 Å². The van der Waals surface area contributed by atoms with Crippen molar-refractivity contribution >= 4 is 5.91 Å². The van der Waals surface area contributed by atoms with Gasteiger partial charge in [-0.15, -0.1) is 0 Å². The van der Waals surface area contributed by atoms with Crippen LogP contribution in [0.4, 0.5) is 0 Å². The minimum Gasteiger partial charge on any atom is -0.508 e. The SMILES string of the molecule is CC(NC(=O)[C@@]1(C)CCC[C@]2(C)c3cc(O)ccc3CC[C@@H]12)C12CC3CC(CC(C3)C1)C2. The van der Waals surface area contributed by atoms with Crippen LogP contribution in [0.1, 0.15) is 96.1 Å². The summed E-state index contributed by atoms with van der Waals surface area (Å²) >= 11 is 0. The van der Waals surface area contributed by atoms with Crippen molar-refractivity contribution in [2.24, 2.45) is 34.5 Å². The van der Waals surface area contributed by atoms with Crippen LogP contribution in [0.25, 0.3) is 0 Å². The number of aryl methyl sites for hydroxylation is 1. The van der Waals surface area contributed by atoms with Crippen LogP contribution in [-0.4, -0.2) is 17.1 Å². The Labute approximate surface area is 193 Å². The Morgan fingerprint density at radius 1 is 1.06 bits per heavy atom. The first-order chi connectivity index (χ1) is 15.2. The molecule has 7 rings (SSSR count). The van der Waals surface area contributed by atoms with Crippen molar-refractivity contribution in [3.63, 3.8) is 0 Å². The van der Waals surface area contributed by atoms with Crippen molar-refractivity contribution in [2.75, 3.05) is 0 Å². The molecule has 5 saturated carbocycles. The zero-order valence-electron chi connectivity index (χ0n) is 20.3. The topological polar surface area (TPSA) is 49.3 Å². The van der Waals surface area contributed by atoms with Gasteiger partial charge in [0, 0.05) is 6.04 Å². The number of aromatic hydroxyl groups is 1. The lowest BCUT2D eigenvalue weighted by Crippen LogP contribution is -2.60. The van der Waals surface area contributed by atoms with Gasteiger partial charge in [-0.1, -0.05) is 26.3 Å². The predicted octanol–water partition coefficient (Wildman–Crippen LogP) is 6.12. The smallest absolute Gasteiger partial charge is 0.226 e. The van der Waals surface area contributed by atoms with Gasteiger partial charge in [-0.3, -0.25) is 4.79 Å². The molecule has 2 N–H and O–H groups in total. The molecule has 6 aliphatic rings. The fraction of sp³-hybridized carbons (Fsp3) is 0.759. The summed E-state index contributed by atoms with van der Waals surface area (Å²) in [4.78, 5) is 14.0. The van der Waals surface area contributed by atoms with Crippen molar-refractivity contribution < 1.29 is 9.90 Å². The number of benzene rings is 1. The van der Waals surface area contributed by atoms with Gasteiger partial charge in [0.15, 0.2) is 0 Å². The van der Waals surface area contributed by atoms with Gasteiger partial charge in [0.05, 0.1) is 5.41 Å². The molecule has 1 aromatic rings. The number of amides is 1. The van der Waals surface area contributed by atoms with Crippen LogP contribution in [-0.2, 0) is 16.6 Å². The van der Waals surface area contributed by atoms with Gasteiger partial charge in [-0.05, 0) is 129 Å². The highest BCUT2D eigenvalue weighted by Gasteiger charge is 2.57. The predicted molar refractivity (Wildman–Crippen MR) is 127 cm³/mol. The first kappa shape index (κ1) is 21.1. The lowest BCUT2D eigenvalue weighted by Gasteiger charge is -2.59. The Morgan fingerprint density at radius 2 is 1.72 bits per heavy atom. The van der Waals surface area contributed by atoms with Gasteiger partial charge in [-0.25, -0.2) is 0 Å². The molecule has 0 radical (unpaired) electrons. The van der Waals surface area contributed by atoms with Gasteiger partial charge in [0.1, 0.15) is 5.75 Å². The van der Waals surface area contributed by atoms with Gasteiger partial charge in [0.25, 0.3) is 0 Å². The number of rotatable bonds is 3. The zero-order chi connectivity index (χ0) is 22.3. The molecule has 1 amide bonds. The molecule has 4 bridgehead atoms. The molecule has 0 aromatic heterocycles. The Bertz CT molecular complexity index is 902. The van der Waals surface area contributed by atoms with E-state index >= 15 is 0 Å². The van der Waals surface area contributed by atoms with Crippen molar-refractivity contribution in [3.05, 3.63) is 29.3 Å². The number of carbonyl (C=O) groups excluding carboxylic acids is 1. The normalized spacial score (nSPS) is 45.1. The van der Waals surface area contributed by atoms with E-state index in [-0.39, 0.29) is 16.9 Å². The van der Waals surface area contributed by atoms with Crippen LogP contribution in [0.5, 0.6) is 5.75 Å². The van der Waals surface area contributed by atoms with E-state index in [2.05, 4.69) is 32.2 Å². The van der Waals surface area contributed by atoms with E-state index in [1.165, 1.54) is 49.7 Å². The van der Waals surface area contributed by atoms with Crippen molar-refractivity contribution in [3.8, 4) is 5.75 Å². The Morgan fingerprint density at radius 3 is 2.38 bits per heavy atom. The minimum atomic E-state index is -0.327. The molecule has 1 unspecified atom stereocenters. The molecule has 6 aliphatic carbocycles. The standard InChI is InChI=1S/C29H41NO2/c1-18(29-15-19-11-20(16-29)13-21(12-19)17-29)30-26(32)28(3)10-4-9-27(2)24-14-23(31)7-5-22(24)6-8-25(27)28/h5,7,14,18-21,25,31H,4,6,8-13,15-17H2,1-3H3,(H,30,32)/t18?,19?,20?,21?,25-,27-,28+,29?/m1/s1. The molecule has 0 aliphatic heterocycles. The molecule has 0 spiro atoms. The maximum absolute atomic E-state index is 14.0. The number of fused-ring (bicyclic) bond motifs is 3. The summed E-state index contributed by atoms with van der Waals surface area (Å²) in [6.45, 7) is 6.94. The quantitative estimate of drug-likeness (QED) is 0.600. The molecule has 0 heterocycles. The Balaban J connectivity index is 1.26. The van der Waals surface area contributed by atoms with E-state index in [9.17, 15) is 9.90 Å². The van der Waals surface area contributed by atoms with E-state index in [1.54, 1.807) is 0 Å². The van der Waals surface area contributed by atoms with Crippen LogP contribution >= 0.6 is 0 Å². The molecule has 0 saturated heterocycles. The number of hydrogen-bond acceptors (Lipinski definition) is 2. The first-order valence-corrected chi connectivity index (χ1v) is 13.4. The lowest BCUT2D eigenvalue weighted by molar-refractivity contribution is -0.143. The van der Waals surface area contributed by atoms with Gasteiger partial charge in [0.2, 0.25) is 5.91 Å². The molecule has 5 fully saturated rings. The van der Waals surface area contributed by atoms with E-state index in [4.69, 9.17) is 0 Å². The van der Waals surface area contributed by atoms with E-state index in [0.29, 0.717) is 23.0 Å². The number of phenolic OH excluding ortho intramolecular Hbond substituents is 1. The molecule has 3 nitrogen and oxygen atoms in total. The van der Waals surface area contributed by atoms with Crippen molar-refractivity contribution in [1.29, 1.82) is 0 Å². The van der Waals surface area contributed by atoms with Gasteiger partial charge >= 0.3 is 0 Å². The summed E-state index contributed by atoms with van der Waals surface area (Å²) in [5, 5.41) is 13.9. The van der Waals surface area contributed by atoms with E-state index in [0.717, 1.165) is 49.9 Å². The molecular formula is C29H41NO2. The molecular weight excluding hydrogens is 394 g/mol. The van der Waals surface area contributed by atoms with Gasteiger partial charge < -0.3 is 10.4 Å². The molecule has 4 atom stereocenters. The highest BCUT2D eigenvalue weighted by atomic mass is 16.3. The van der Waals surface area contributed by atoms with Crippen LogP contribution in [0.3, 0.4) is 0 Å². The van der Waals surface area contributed by atoms with Gasteiger partial charge in [-0.2, -0.15) is 0 Å². The first-order valence-electron chi connectivity index (χ1n) is 13.4. The Kier molecular flexibility index (Phi) is 4.60. The molecule has 174 valence electrons. The summed E-state index contributed by atoms with van der Waals surface area (Å²) in [6, 6.07) is 6.20. The van der Waals surface area contributed by atoms with Crippen LogP contribution in [0, 0.1) is 34.5 Å². The van der Waals surface area contributed by atoms with Crippen LogP contribution in [0.15, 0.2) is 18.2 Å². The molecule has 32 heavy (non-hydrogen) atoms. The fourth-order valence-electron chi connectivity index (χ4n) is 9.94. The second-order valence-corrected chi connectivity index (χ2v) is 13.1. The summed E-state index contributed by atoms with van der Waals surface area (Å²) in [5.74, 6) is 3.74. The number of hydrogen-bond donors (Lipinski definition) is 2. The summed E-state index contributed by atoms with van der Waals surface area (Å²) < 4.78 is 0. The third kappa shape index (κ3) is 2.95. The minimum absolute atomic E-state index is 0.0272. The second-order valence-electron chi connectivity index (χ2n) is 13.1. The number of carbonyl (C=O) groups is 1. The summed E-state index contributed by atoms with van der Waals surface area (Å²) in [5.41, 5.74) is 2.66. The Hall–Kier alpha value is -1.51.